The Morgan fingerprint density at radius 1 is 0.485 bits per heavy atom. The summed E-state index contributed by atoms with van der Waals surface area (Å²) in [7, 11) is 0. The van der Waals surface area contributed by atoms with Crippen molar-refractivity contribution >= 4 is 11.6 Å². The van der Waals surface area contributed by atoms with E-state index in [2.05, 4.69) is 0 Å². The van der Waals surface area contributed by atoms with Crippen molar-refractivity contribution in [3.05, 3.63) is 120 Å². The van der Waals surface area contributed by atoms with Crippen LogP contribution in [0.5, 0.6) is 23.0 Å². The zero-order valence-corrected chi connectivity index (χ0v) is 17.9. The van der Waals surface area contributed by atoms with Gasteiger partial charge < -0.3 is 9.47 Å². The molecule has 0 amide bonds. The summed E-state index contributed by atoms with van der Waals surface area (Å²) in [6, 6.07) is 33.1. The van der Waals surface area contributed by atoms with Crippen LogP contribution in [0.2, 0.25) is 0 Å². The van der Waals surface area contributed by atoms with Gasteiger partial charge >= 0.3 is 0 Å². The molecule has 33 heavy (non-hydrogen) atoms. The van der Waals surface area contributed by atoms with E-state index in [9.17, 15) is 9.59 Å². The highest BCUT2D eigenvalue weighted by atomic mass is 16.5. The Labute approximate surface area is 192 Å². The fourth-order valence-corrected chi connectivity index (χ4v) is 3.83. The molecule has 0 aliphatic heterocycles. The molecule has 0 saturated heterocycles. The summed E-state index contributed by atoms with van der Waals surface area (Å²) in [6.45, 7) is 0. The van der Waals surface area contributed by atoms with E-state index in [1.165, 1.54) is 0 Å². The number of hydrogen-bond donors (Lipinski definition) is 0. The first-order valence-electron chi connectivity index (χ1n) is 10.9. The van der Waals surface area contributed by atoms with Gasteiger partial charge in [0, 0.05) is 23.0 Å². The average molecular weight is 434 g/mol. The molecule has 0 heterocycles. The number of rotatable bonds is 8. The van der Waals surface area contributed by atoms with E-state index in [4.69, 9.17) is 9.47 Å². The Bertz CT molecular complexity index is 1150. The summed E-state index contributed by atoms with van der Waals surface area (Å²) in [6.07, 6.45) is 0.586. The van der Waals surface area contributed by atoms with Crippen molar-refractivity contribution in [2.75, 3.05) is 0 Å². The molecule has 5 rings (SSSR count). The molecule has 162 valence electrons. The van der Waals surface area contributed by atoms with Crippen molar-refractivity contribution in [3.63, 3.8) is 0 Å². The Morgan fingerprint density at radius 2 is 0.818 bits per heavy atom. The van der Waals surface area contributed by atoms with E-state index >= 15 is 0 Å². The lowest BCUT2D eigenvalue weighted by Crippen LogP contribution is -2.09. The number of benzene rings is 4. The van der Waals surface area contributed by atoms with Gasteiger partial charge in [-0.25, -0.2) is 0 Å². The first-order valence-corrected chi connectivity index (χ1v) is 10.9. The smallest absolute Gasteiger partial charge is 0.166 e. The molecule has 0 bridgehead atoms. The molecule has 1 fully saturated rings. The van der Waals surface area contributed by atoms with Crippen LogP contribution in [0, 0.1) is 11.8 Å². The monoisotopic (exact) mass is 434 g/mol. The van der Waals surface area contributed by atoms with Crippen LogP contribution in [-0.2, 0) is 0 Å². The Morgan fingerprint density at radius 3 is 1.18 bits per heavy atom. The molecule has 4 heteroatoms. The van der Waals surface area contributed by atoms with Gasteiger partial charge in [-0.1, -0.05) is 36.4 Å². The number of carbonyl (C=O) groups is 2. The van der Waals surface area contributed by atoms with Crippen LogP contribution in [-0.4, -0.2) is 11.6 Å². The highest BCUT2D eigenvalue weighted by Crippen LogP contribution is 2.43. The van der Waals surface area contributed by atoms with Crippen LogP contribution in [0.4, 0.5) is 0 Å². The van der Waals surface area contributed by atoms with Crippen molar-refractivity contribution in [3.8, 4) is 23.0 Å². The number of ether oxygens (including phenoxy) is 2. The largest absolute Gasteiger partial charge is 0.457 e. The van der Waals surface area contributed by atoms with Crippen LogP contribution in [0.1, 0.15) is 27.1 Å². The molecule has 1 aliphatic carbocycles. The summed E-state index contributed by atoms with van der Waals surface area (Å²) < 4.78 is 11.6. The fourth-order valence-electron chi connectivity index (χ4n) is 3.83. The van der Waals surface area contributed by atoms with Gasteiger partial charge in [0.25, 0.3) is 0 Å². The molecule has 4 aromatic rings. The maximum absolute atomic E-state index is 12.9. The van der Waals surface area contributed by atoms with Gasteiger partial charge in [-0.3, -0.25) is 9.59 Å². The van der Waals surface area contributed by atoms with E-state index in [1.807, 2.05) is 60.7 Å². The lowest BCUT2D eigenvalue weighted by Gasteiger charge is -2.07. The van der Waals surface area contributed by atoms with Gasteiger partial charge in [0.2, 0.25) is 0 Å². The third-order valence-corrected chi connectivity index (χ3v) is 5.70. The van der Waals surface area contributed by atoms with Gasteiger partial charge in [-0.15, -0.1) is 0 Å². The molecule has 4 aromatic carbocycles. The quantitative estimate of drug-likeness (QED) is 0.281. The number of hydrogen-bond acceptors (Lipinski definition) is 4. The van der Waals surface area contributed by atoms with Crippen molar-refractivity contribution in [2.24, 2.45) is 11.8 Å². The molecular formula is C29H22O4. The maximum Gasteiger partial charge on any atom is 0.166 e. The molecule has 4 nitrogen and oxygen atoms in total. The second kappa shape index (κ2) is 9.13. The highest BCUT2D eigenvalue weighted by Gasteiger charge is 2.47. The van der Waals surface area contributed by atoms with E-state index in [-0.39, 0.29) is 23.4 Å². The summed E-state index contributed by atoms with van der Waals surface area (Å²) in [5.74, 6) is 2.29. The number of ketones is 2. The van der Waals surface area contributed by atoms with Crippen molar-refractivity contribution in [1.82, 2.24) is 0 Å². The van der Waals surface area contributed by atoms with Crippen LogP contribution < -0.4 is 9.47 Å². The molecule has 2 atom stereocenters. The highest BCUT2D eigenvalue weighted by molar-refractivity contribution is 6.08. The Kier molecular flexibility index (Phi) is 5.73. The van der Waals surface area contributed by atoms with Gasteiger partial charge in [-0.2, -0.15) is 0 Å². The van der Waals surface area contributed by atoms with Crippen LogP contribution in [0.15, 0.2) is 109 Å². The van der Waals surface area contributed by atoms with E-state index < -0.39 is 0 Å². The molecule has 2 unspecified atom stereocenters. The van der Waals surface area contributed by atoms with Gasteiger partial charge in [0.1, 0.15) is 23.0 Å². The third kappa shape index (κ3) is 4.85. The van der Waals surface area contributed by atoms with Crippen molar-refractivity contribution < 1.29 is 19.1 Å². The SMILES string of the molecule is O=C(c1ccc(Oc2ccccc2)cc1)C1CC1C(=O)c1ccc(Oc2ccccc2)cc1. The van der Waals surface area contributed by atoms with Crippen LogP contribution in [0.25, 0.3) is 0 Å². The molecule has 0 N–H and O–H groups in total. The Balaban J connectivity index is 1.19. The Hall–Kier alpha value is -4.18. The first kappa shape index (κ1) is 20.7. The molecule has 0 spiro atoms. The summed E-state index contributed by atoms with van der Waals surface area (Å²) in [5, 5.41) is 0. The number of para-hydroxylation sites is 2. The minimum absolute atomic E-state index is 0.00337. The summed E-state index contributed by atoms with van der Waals surface area (Å²) in [4.78, 5) is 25.7. The predicted molar refractivity (Wildman–Crippen MR) is 126 cm³/mol. The average Bonchev–Trinajstić information content (AvgIpc) is 3.66. The maximum atomic E-state index is 12.9. The van der Waals surface area contributed by atoms with Crippen molar-refractivity contribution in [2.45, 2.75) is 6.42 Å². The molecule has 0 aromatic heterocycles. The van der Waals surface area contributed by atoms with E-state index in [0.717, 1.165) is 11.5 Å². The van der Waals surface area contributed by atoms with E-state index in [1.54, 1.807) is 48.5 Å². The predicted octanol–water partition coefficient (Wildman–Crippen LogP) is 6.97. The molecule has 0 radical (unpaired) electrons. The van der Waals surface area contributed by atoms with Crippen LogP contribution in [0.3, 0.4) is 0 Å². The normalized spacial score (nSPS) is 16.6. The lowest BCUT2D eigenvalue weighted by molar-refractivity contribution is 0.0905. The lowest BCUT2D eigenvalue weighted by atomic mass is 10.0. The molecule has 1 aliphatic rings. The minimum atomic E-state index is -0.265. The van der Waals surface area contributed by atoms with Gasteiger partial charge in [0.05, 0.1) is 0 Å². The zero-order valence-electron chi connectivity index (χ0n) is 17.9. The van der Waals surface area contributed by atoms with Gasteiger partial charge in [-0.05, 0) is 79.2 Å². The van der Waals surface area contributed by atoms with Crippen molar-refractivity contribution in [1.29, 1.82) is 0 Å². The molecule has 1 saturated carbocycles. The first-order chi connectivity index (χ1) is 16.2. The molecular weight excluding hydrogens is 412 g/mol. The standard InChI is InChI=1S/C29H22O4/c30-28(20-11-15-24(16-12-20)32-22-7-3-1-4-8-22)26-19-27(26)29(31)21-13-17-25(18-14-21)33-23-9-5-2-6-10-23/h1-18,26-27H,19H2. The third-order valence-electron chi connectivity index (χ3n) is 5.70. The second-order valence-electron chi connectivity index (χ2n) is 8.06. The minimum Gasteiger partial charge on any atom is -0.457 e. The fraction of sp³-hybridized carbons (Fsp3) is 0.103. The summed E-state index contributed by atoms with van der Waals surface area (Å²) in [5.41, 5.74) is 1.20. The zero-order chi connectivity index (χ0) is 22.6. The topological polar surface area (TPSA) is 52.6 Å². The number of Topliss-reactive ketones (excluding diaryl/α,β-unsaturated/α-hetero) is 2. The van der Waals surface area contributed by atoms with E-state index in [0.29, 0.717) is 29.0 Å². The summed E-state index contributed by atoms with van der Waals surface area (Å²) >= 11 is 0. The van der Waals surface area contributed by atoms with Crippen LogP contribution >= 0.6 is 0 Å². The second-order valence-corrected chi connectivity index (χ2v) is 8.06. The number of carbonyl (C=O) groups excluding carboxylic acids is 2. The van der Waals surface area contributed by atoms with Gasteiger partial charge in [0.15, 0.2) is 11.6 Å².